The summed E-state index contributed by atoms with van der Waals surface area (Å²) in [5.41, 5.74) is 2.59. The standard InChI is InChI=1S/C22H26N2O6.ClH/c1-2-29-21(26)14-30-22-18-9-4-3-6-15(18)10-11-19(22)23-13-20(25)16-7-5-8-17(12-16)24(27)28;/h3-9,12,19-20,22-23,25H,2,10-11,13-14H2,1H3;1H/t19?,20-,22?;/m1./s1. The lowest BCUT2D eigenvalue weighted by atomic mass is 9.85. The van der Waals surface area contributed by atoms with E-state index in [0.717, 1.165) is 18.4 Å². The third kappa shape index (κ3) is 6.48. The predicted octanol–water partition coefficient (Wildman–Crippen LogP) is 3.28. The van der Waals surface area contributed by atoms with Crippen LogP contribution in [0.25, 0.3) is 0 Å². The van der Waals surface area contributed by atoms with Gasteiger partial charge in [-0.3, -0.25) is 10.1 Å². The van der Waals surface area contributed by atoms with E-state index in [1.54, 1.807) is 19.1 Å². The Balaban J connectivity index is 0.00000341. The van der Waals surface area contributed by atoms with Crippen molar-refractivity contribution >= 4 is 24.1 Å². The number of carbonyl (C=O) groups is 1. The molecule has 0 fully saturated rings. The van der Waals surface area contributed by atoms with Gasteiger partial charge in [0.15, 0.2) is 0 Å². The van der Waals surface area contributed by atoms with E-state index in [1.807, 2.05) is 24.3 Å². The molecule has 0 spiro atoms. The second kappa shape index (κ2) is 11.8. The molecule has 9 heteroatoms. The molecule has 8 nitrogen and oxygen atoms in total. The minimum Gasteiger partial charge on any atom is -0.464 e. The predicted molar refractivity (Wildman–Crippen MR) is 117 cm³/mol. The van der Waals surface area contributed by atoms with Gasteiger partial charge in [0.05, 0.1) is 23.7 Å². The van der Waals surface area contributed by atoms with E-state index in [1.165, 1.54) is 17.7 Å². The molecule has 2 unspecified atom stereocenters. The lowest BCUT2D eigenvalue weighted by Crippen LogP contribution is -2.42. The lowest BCUT2D eigenvalue weighted by Gasteiger charge is -2.34. The van der Waals surface area contributed by atoms with Gasteiger partial charge < -0.3 is 19.9 Å². The van der Waals surface area contributed by atoms with E-state index in [2.05, 4.69) is 5.32 Å². The van der Waals surface area contributed by atoms with E-state index >= 15 is 0 Å². The van der Waals surface area contributed by atoms with E-state index in [4.69, 9.17) is 9.47 Å². The van der Waals surface area contributed by atoms with Crippen LogP contribution in [0.4, 0.5) is 5.69 Å². The fraction of sp³-hybridized carbons (Fsp3) is 0.409. The van der Waals surface area contributed by atoms with Crippen molar-refractivity contribution < 1.29 is 24.3 Å². The molecule has 3 atom stereocenters. The van der Waals surface area contributed by atoms with Crippen molar-refractivity contribution in [1.82, 2.24) is 5.32 Å². The number of halogens is 1. The zero-order valence-electron chi connectivity index (χ0n) is 17.2. The summed E-state index contributed by atoms with van der Waals surface area (Å²) in [6, 6.07) is 13.8. The number of esters is 1. The summed E-state index contributed by atoms with van der Waals surface area (Å²) in [7, 11) is 0. The Morgan fingerprint density at radius 3 is 2.81 bits per heavy atom. The number of benzene rings is 2. The van der Waals surface area contributed by atoms with Crippen LogP contribution in [0.15, 0.2) is 48.5 Å². The van der Waals surface area contributed by atoms with Crippen LogP contribution in [0.1, 0.15) is 42.2 Å². The van der Waals surface area contributed by atoms with Crippen molar-refractivity contribution in [2.24, 2.45) is 0 Å². The summed E-state index contributed by atoms with van der Waals surface area (Å²) >= 11 is 0. The number of rotatable bonds is 9. The lowest BCUT2D eigenvalue weighted by molar-refractivity contribution is -0.385. The molecule has 0 amide bonds. The van der Waals surface area contributed by atoms with Crippen LogP contribution < -0.4 is 5.32 Å². The Kier molecular flexibility index (Phi) is 9.39. The average Bonchev–Trinajstić information content (AvgIpc) is 2.76. The molecule has 1 aliphatic rings. The number of nitrogens with zero attached hydrogens (tertiary/aromatic N) is 1. The summed E-state index contributed by atoms with van der Waals surface area (Å²) in [5.74, 6) is -0.420. The summed E-state index contributed by atoms with van der Waals surface area (Å²) in [5, 5.41) is 24.8. The Hall–Kier alpha value is -2.52. The number of aliphatic hydroxyl groups excluding tert-OH is 1. The summed E-state index contributed by atoms with van der Waals surface area (Å²) in [6.07, 6.45) is 0.344. The zero-order valence-corrected chi connectivity index (χ0v) is 18.0. The van der Waals surface area contributed by atoms with Crippen molar-refractivity contribution in [2.45, 2.75) is 38.0 Å². The molecule has 2 aromatic carbocycles. The maximum atomic E-state index is 11.8. The molecule has 2 N–H and O–H groups in total. The Bertz CT molecular complexity index is 894. The molecule has 0 aromatic heterocycles. The molecular weight excluding hydrogens is 424 g/mol. The quantitative estimate of drug-likeness (QED) is 0.342. The monoisotopic (exact) mass is 450 g/mol. The van der Waals surface area contributed by atoms with Crippen LogP contribution in [0, 0.1) is 10.1 Å². The molecular formula is C22H27ClN2O6. The fourth-order valence-electron chi connectivity index (χ4n) is 3.72. The Morgan fingerprint density at radius 1 is 1.29 bits per heavy atom. The highest BCUT2D eigenvalue weighted by Gasteiger charge is 2.31. The minimum atomic E-state index is -0.909. The molecule has 0 heterocycles. The molecule has 0 aliphatic heterocycles. The maximum Gasteiger partial charge on any atom is 0.332 e. The molecule has 3 rings (SSSR count). The van der Waals surface area contributed by atoms with Crippen molar-refractivity contribution in [1.29, 1.82) is 0 Å². The van der Waals surface area contributed by atoms with E-state index in [0.29, 0.717) is 12.2 Å². The van der Waals surface area contributed by atoms with Gasteiger partial charge in [0.2, 0.25) is 0 Å². The van der Waals surface area contributed by atoms with Gasteiger partial charge in [0.25, 0.3) is 5.69 Å². The highest BCUT2D eigenvalue weighted by atomic mass is 35.5. The first-order valence-corrected chi connectivity index (χ1v) is 10.0. The highest BCUT2D eigenvalue weighted by Crippen LogP contribution is 2.33. The highest BCUT2D eigenvalue weighted by molar-refractivity contribution is 5.85. The van der Waals surface area contributed by atoms with Crippen LogP contribution in [0.5, 0.6) is 0 Å². The third-order valence-electron chi connectivity index (χ3n) is 5.18. The van der Waals surface area contributed by atoms with Crippen LogP contribution in [0.2, 0.25) is 0 Å². The van der Waals surface area contributed by atoms with Gasteiger partial charge in [-0.15, -0.1) is 12.4 Å². The summed E-state index contributed by atoms with van der Waals surface area (Å²) in [6.45, 7) is 2.08. The van der Waals surface area contributed by atoms with Gasteiger partial charge in [0.1, 0.15) is 6.61 Å². The molecule has 0 radical (unpaired) electrons. The van der Waals surface area contributed by atoms with Crippen LogP contribution in [0.3, 0.4) is 0 Å². The Morgan fingerprint density at radius 2 is 2.06 bits per heavy atom. The number of fused-ring (bicyclic) bond motifs is 1. The van der Waals surface area contributed by atoms with Crippen LogP contribution >= 0.6 is 12.4 Å². The SMILES string of the molecule is CCOC(=O)COC1c2ccccc2CCC1NC[C@@H](O)c1cccc([N+](=O)[O-])c1.Cl. The number of carbonyl (C=O) groups excluding carboxylic acids is 1. The second-order valence-corrected chi connectivity index (χ2v) is 7.16. The number of nitro benzene ring substituents is 1. The fourth-order valence-corrected chi connectivity index (χ4v) is 3.72. The largest absolute Gasteiger partial charge is 0.464 e. The molecule has 0 saturated heterocycles. The number of non-ortho nitro benzene ring substituents is 1. The molecule has 168 valence electrons. The number of ether oxygens (including phenoxy) is 2. The van der Waals surface area contributed by atoms with Gasteiger partial charge in [-0.1, -0.05) is 36.4 Å². The summed E-state index contributed by atoms with van der Waals surface area (Å²) < 4.78 is 10.9. The zero-order chi connectivity index (χ0) is 21.5. The number of aliphatic hydroxyl groups is 1. The van der Waals surface area contributed by atoms with Crippen molar-refractivity contribution in [2.75, 3.05) is 19.8 Å². The van der Waals surface area contributed by atoms with E-state index in [-0.39, 0.29) is 43.4 Å². The van der Waals surface area contributed by atoms with Gasteiger partial charge in [0, 0.05) is 24.7 Å². The minimum absolute atomic E-state index is 0. The number of aryl methyl sites for hydroxylation is 1. The first-order valence-electron chi connectivity index (χ1n) is 10.0. The first kappa shape index (κ1) is 24.7. The number of hydrogen-bond donors (Lipinski definition) is 2. The van der Waals surface area contributed by atoms with Crippen molar-refractivity contribution in [3.05, 3.63) is 75.3 Å². The van der Waals surface area contributed by atoms with E-state index < -0.39 is 17.0 Å². The second-order valence-electron chi connectivity index (χ2n) is 7.16. The summed E-state index contributed by atoms with van der Waals surface area (Å²) in [4.78, 5) is 22.3. The number of hydrogen-bond acceptors (Lipinski definition) is 7. The number of nitro groups is 1. The molecule has 0 bridgehead atoms. The Labute approximate surface area is 187 Å². The van der Waals surface area contributed by atoms with Gasteiger partial charge in [-0.2, -0.15) is 0 Å². The van der Waals surface area contributed by atoms with Gasteiger partial charge in [-0.05, 0) is 36.5 Å². The van der Waals surface area contributed by atoms with Gasteiger partial charge >= 0.3 is 5.97 Å². The normalized spacial score (nSPS) is 18.4. The van der Waals surface area contributed by atoms with Gasteiger partial charge in [-0.25, -0.2) is 4.79 Å². The van der Waals surface area contributed by atoms with E-state index in [9.17, 15) is 20.0 Å². The molecule has 31 heavy (non-hydrogen) atoms. The first-order chi connectivity index (χ1) is 14.5. The van der Waals surface area contributed by atoms with Crippen LogP contribution in [-0.4, -0.2) is 41.8 Å². The average molecular weight is 451 g/mol. The van der Waals surface area contributed by atoms with Crippen molar-refractivity contribution in [3.8, 4) is 0 Å². The van der Waals surface area contributed by atoms with Crippen molar-refractivity contribution in [3.63, 3.8) is 0 Å². The molecule has 0 saturated carbocycles. The third-order valence-corrected chi connectivity index (χ3v) is 5.18. The smallest absolute Gasteiger partial charge is 0.332 e. The topological polar surface area (TPSA) is 111 Å². The molecule has 2 aromatic rings. The molecule has 1 aliphatic carbocycles. The maximum absolute atomic E-state index is 11.8. The number of nitrogens with one attached hydrogen (secondary N) is 1. The van der Waals surface area contributed by atoms with Crippen LogP contribution in [-0.2, 0) is 20.7 Å².